The van der Waals surface area contributed by atoms with Gasteiger partial charge < -0.3 is 4.74 Å². The van der Waals surface area contributed by atoms with Gasteiger partial charge in [0.2, 0.25) is 0 Å². The van der Waals surface area contributed by atoms with Crippen molar-refractivity contribution in [3.05, 3.63) is 41.6 Å². The number of sulfonamides is 1. The summed E-state index contributed by atoms with van der Waals surface area (Å²) in [4.78, 5) is 3.99. The first kappa shape index (κ1) is 14.6. The summed E-state index contributed by atoms with van der Waals surface area (Å²) in [6.07, 6.45) is 1.58. The number of hydrogen-bond donors (Lipinski definition) is 2. The number of fused-ring (bicyclic) bond motifs is 1. The Labute approximate surface area is 131 Å². The van der Waals surface area contributed by atoms with Crippen molar-refractivity contribution in [1.29, 1.82) is 0 Å². The van der Waals surface area contributed by atoms with E-state index in [1.807, 2.05) is 0 Å². The third kappa shape index (κ3) is 2.58. The zero-order chi connectivity index (χ0) is 15.7. The number of ether oxygens (including phenoxy) is 1. The van der Waals surface area contributed by atoms with E-state index < -0.39 is 10.0 Å². The summed E-state index contributed by atoms with van der Waals surface area (Å²) in [6.45, 7) is 0. The normalized spacial score (nSPS) is 11.5. The number of benzene rings is 1. The van der Waals surface area contributed by atoms with Crippen molar-refractivity contribution in [2.45, 2.75) is 4.90 Å². The van der Waals surface area contributed by atoms with Gasteiger partial charge in [0.15, 0.2) is 11.5 Å². The molecule has 0 fully saturated rings. The largest absolute Gasteiger partial charge is 0.495 e. The molecule has 3 aromatic rings. The van der Waals surface area contributed by atoms with Crippen LogP contribution in [0.5, 0.6) is 5.75 Å². The zero-order valence-corrected chi connectivity index (χ0v) is 12.9. The first-order valence-electron chi connectivity index (χ1n) is 6.17. The van der Waals surface area contributed by atoms with E-state index in [0.29, 0.717) is 11.0 Å². The van der Waals surface area contributed by atoms with Crippen molar-refractivity contribution in [3.8, 4) is 5.75 Å². The van der Waals surface area contributed by atoms with Crippen molar-refractivity contribution in [3.63, 3.8) is 0 Å². The smallest absolute Gasteiger partial charge is 0.266 e. The summed E-state index contributed by atoms with van der Waals surface area (Å²) in [6, 6.07) is 7.75. The van der Waals surface area contributed by atoms with Gasteiger partial charge in [-0.2, -0.15) is 5.10 Å². The second-order valence-electron chi connectivity index (χ2n) is 4.37. The molecule has 0 aliphatic heterocycles. The molecule has 2 N–H and O–H groups in total. The Morgan fingerprint density at radius 3 is 2.91 bits per heavy atom. The molecule has 0 unspecified atom stereocenters. The maximum absolute atomic E-state index is 12.6. The summed E-state index contributed by atoms with van der Waals surface area (Å²) in [7, 11) is -2.52. The molecule has 114 valence electrons. The lowest BCUT2D eigenvalue weighted by molar-refractivity contribution is 0.403. The average Bonchev–Trinajstić information content (AvgIpc) is 2.90. The second-order valence-corrected chi connectivity index (χ2v) is 6.46. The van der Waals surface area contributed by atoms with Gasteiger partial charge in [-0.15, -0.1) is 0 Å². The van der Waals surface area contributed by atoms with Crippen LogP contribution in [0.1, 0.15) is 0 Å². The van der Waals surface area contributed by atoms with Gasteiger partial charge in [-0.1, -0.05) is 11.6 Å². The Bertz CT molecular complexity index is 939. The van der Waals surface area contributed by atoms with Gasteiger partial charge in [0.05, 0.1) is 12.5 Å². The summed E-state index contributed by atoms with van der Waals surface area (Å²) in [5.74, 6) is 0.347. The molecule has 2 heterocycles. The Kier molecular flexibility index (Phi) is 3.63. The lowest BCUT2D eigenvalue weighted by Crippen LogP contribution is -2.14. The number of halogens is 1. The molecule has 1 aromatic carbocycles. The number of pyridine rings is 1. The number of rotatable bonds is 4. The number of aromatic amines is 1. The van der Waals surface area contributed by atoms with Crippen LogP contribution in [-0.2, 0) is 10.0 Å². The monoisotopic (exact) mass is 338 g/mol. The highest BCUT2D eigenvalue weighted by molar-refractivity contribution is 7.92. The number of aromatic nitrogens is 3. The van der Waals surface area contributed by atoms with Crippen LogP contribution in [-0.4, -0.2) is 30.7 Å². The second kappa shape index (κ2) is 5.47. The van der Waals surface area contributed by atoms with Crippen molar-refractivity contribution in [1.82, 2.24) is 15.2 Å². The summed E-state index contributed by atoms with van der Waals surface area (Å²) < 4.78 is 32.6. The lowest BCUT2D eigenvalue weighted by atomic mass is 10.3. The van der Waals surface area contributed by atoms with Crippen LogP contribution in [0.2, 0.25) is 5.02 Å². The zero-order valence-electron chi connectivity index (χ0n) is 11.4. The van der Waals surface area contributed by atoms with Crippen LogP contribution in [0.4, 0.5) is 5.82 Å². The minimum atomic E-state index is -3.91. The Morgan fingerprint density at radius 1 is 1.32 bits per heavy atom. The van der Waals surface area contributed by atoms with Crippen molar-refractivity contribution >= 4 is 38.5 Å². The Morgan fingerprint density at radius 2 is 2.14 bits per heavy atom. The van der Waals surface area contributed by atoms with Crippen molar-refractivity contribution in [2.75, 3.05) is 11.8 Å². The number of nitrogens with zero attached hydrogens (tertiary/aromatic N) is 2. The van der Waals surface area contributed by atoms with Crippen LogP contribution in [0, 0.1) is 0 Å². The van der Waals surface area contributed by atoms with E-state index in [1.165, 1.54) is 19.2 Å². The van der Waals surface area contributed by atoms with Crippen molar-refractivity contribution < 1.29 is 13.2 Å². The molecule has 0 aliphatic rings. The van der Waals surface area contributed by atoms with Gasteiger partial charge in [-0.05, 0) is 30.3 Å². The van der Waals surface area contributed by atoms with E-state index in [1.54, 1.807) is 24.4 Å². The first-order valence-corrected chi connectivity index (χ1v) is 8.03. The van der Waals surface area contributed by atoms with Crippen LogP contribution < -0.4 is 9.46 Å². The summed E-state index contributed by atoms with van der Waals surface area (Å²) >= 11 is 5.88. The molecule has 2 aromatic heterocycles. The lowest BCUT2D eigenvalue weighted by Gasteiger charge is -2.10. The number of anilines is 1. The van der Waals surface area contributed by atoms with Gasteiger partial charge in [0, 0.05) is 11.2 Å². The highest BCUT2D eigenvalue weighted by atomic mass is 35.5. The molecule has 0 radical (unpaired) electrons. The fourth-order valence-electron chi connectivity index (χ4n) is 1.98. The highest BCUT2D eigenvalue weighted by Gasteiger charge is 2.22. The minimum Gasteiger partial charge on any atom is -0.495 e. The van der Waals surface area contributed by atoms with Gasteiger partial charge >= 0.3 is 0 Å². The molecule has 22 heavy (non-hydrogen) atoms. The van der Waals surface area contributed by atoms with E-state index in [9.17, 15) is 8.42 Å². The fourth-order valence-corrected chi connectivity index (χ4v) is 3.43. The summed E-state index contributed by atoms with van der Waals surface area (Å²) in [5, 5.41) is 7.44. The first-order chi connectivity index (χ1) is 10.5. The standard InChI is InChI=1S/C13H11ClN4O3S/c1-21-10-5-4-8(14)7-11(10)22(19,20)18-13-9-3-2-6-15-12(9)16-17-13/h2-7H,1H3,(H2,15,16,17,18). The third-order valence-electron chi connectivity index (χ3n) is 2.98. The highest BCUT2D eigenvalue weighted by Crippen LogP contribution is 2.29. The molecule has 7 nitrogen and oxygen atoms in total. The SMILES string of the molecule is COc1ccc(Cl)cc1S(=O)(=O)Nc1n[nH]c2ncccc12. The predicted molar refractivity (Wildman–Crippen MR) is 82.7 cm³/mol. The molecular weight excluding hydrogens is 328 g/mol. The molecule has 0 saturated heterocycles. The molecule has 0 spiro atoms. The topological polar surface area (TPSA) is 97.0 Å². The van der Waals surface area contributed by atoms with Gasteiger partial charge in [0.1, 0.15) is 10.6 Å². The number of methoxy groups -OCH3 is 1. The molecule has 0 amide bonds. The van der Waals surface area contributed by atoms with Crippen molar-refractivity contribution in [2.24, 2.45) is 0 Å². The summed E-state index contributed by atoms with van der Waals surface area (Å²) in [5.41, 5.74) is 0.484. The minimum absolute atomic E-state index is 0.0671. The van der Waals surface area contributed by atoms with E-state index >= 15 is 0 Å². The fraction of sp³-hybridized carbons (Fsp3) is 0.0769. The molecule has 3 rings (SSSR count). The van der Waals surface area contributed by atoms with E-state index in [0.717, 1.165) is 0 Å². The van der Waals surface area contributed by atoms with Crippen LogP contribution in [0.3, 0.4) is 0 Å². The van der Waals surface area contributed by atoms with Gasteiger partial charge in [-0.25, -0.2) is 13.4 Å². The molecule has 0 atom stereocenters. The van der Waals surface area contributed by atoms with Gasteiger partial charge in [0.25, 0.3) is 10.0 Å². The van der Waals surface area contributed by atoms with E-state index in [2.05, 4.69) is 19.9 Å². The average molecular weight is 339 g/mol. The Hall–Kier alpha value is -2.32. The molecule has 0 saturated carbocycles. The molecular formula is C13H11ClN4O3S. The van der Waals surface area contributed by atoms with Crippen LogP contribution >= 0.6 is 11.6 Å². The maximum atomic E-state index is 12.6. The quantitative estimate of drug-likeness (QED) is 0.761. The molecule has 9 heteroatoms. The van der Waals surface area contributed by atoms with Crippen LogP contribution in [0.25, 0.3) is 11.0 Å². The number of hydrogen-bond acceptors (Lipinski definition) is 5. The van der Waals surface area contributed by atoms with Crippen LogP contribution in [0.15, 0.2) is 41.4 Å². The molecule has 0 aliphatic carbocycles. The van der Waals surface area contributed by atoms with E-state index in [4.69, 9.17) is 16.3 Å². The number of nitrogens with one attached hydrogen (secondary N) is 2. The number of H-pyrrole nitrogens is 1. The maximum Gasteiger partial charge on any atom is 0.266 e. The van der Waals surface area contributed by atoms with E-state index in [-0.39, 0.29) is 21.5 Å². The molecule has 0 bridgehead atoms. The Balaban J connectivity index is 2.06. The third-order valence-corrected chi connectivity index (χ3v) is 4.58. The van der Waals surface area contributed by atoms with Gasteiger partial charge in [-0.3, -0.25) is 9.82 Å². The predicted octanol–water partition coefficient (Wildman–Crippen LogP) is 2.42.